The summed E-state index contributed by atoms with van der Waals surface area (Å²) in [6, 6.07) is 17.7. The van der Waals surface area contributed by atoms with Gasteiger partial charge in [-0.25, -0.2) is 4.68 Å². The summed E-state index contributed by atoms with van der Waals surface area (Å²) in [4.78, 5) is 49.6. The van der Waals surface area contributed by atoms with Gasteiger partial charge in [0.25, 0.3) is 11.1 Å². The molecule has 0 spiro atoms. The molecule has 2 aromatic heterocycles. The Morgan fingerprint density at radius 3 is 2.31 bits per heavy atom. The number of carbonyl (C=O) groups excluding carboxylic acids is 2. The van der Waals surface area contributed by atoms with E-state index >= 15 is 0 Å². The predicted octanol–water partition coefficient (Wildman–Crippen LogP) is 2.52. The zero-order valence-corrected chi connectivity index (χ0v) is 17.6. The number of hydrogen-bond acceptors (Lipinski definition) is 5. The van der Waals surface area contributed by atoms with Crippen molar-refractivity contribution in [2.24, 2.45) is 0 Å². The van der Waals surface area contributed by atoms with Gasteiger partial charge in [0.1, 0.15) is 6.54 Å². The molecule has 1 N–H and O–H groups in total. The second-order valence-corrected chi connectivity index (χ2v) is 7.42. The molecule has 32 heavy (non-hydrogen) atoms. The van der Waals surface area contributed by atoms with Crippen molar-refractivity contribution in [3.8, 4) is 5.69 Å². The Morgan fingerprint density at radius 2 is 1.59 bits per heavy atom. The molecule has 0 fully saturated rings. The van der Waals surface area contributed by atoms with Crippen molar-refractivity contribution in [1.29, 1.82) is 0 Å². The normalized spacial score (nSPS) is 10.9. The summed E-state index contributed by atoms with van der Waals surface area (Å²) >= 11 is 0. The van der Waals surface area contributed by atoms with Gasteiger partial charge in [-0.15, -0.1) is 0 Å². The number of esters is 1. The number of para-hydroxylation sites is 1. The molecule has 0 aliphatic carbocycles. The Bertz CT molecular complexity index is 1440. The van der Waals surface area contributed by atoms with Crippen LogP contribution in [0.4, 0.5) is 0 Å². The van der Waals surface area contributed by atoms with Crippen LogP contribution in [0.2, 0.25) is 0 Å². The van der Waals surface area contributed by atoms with Crippen molar-refractivity contribution in [3.05, 3.63) is 98.3 Å². The van der Waals surface area contributed by atoms with Crippen LogP contribution in [-0.4, -0.2) is 32.7 Å². The third kappa shape index (κ3) is 3.90. The zero-order valence-electron chi connectivity index (χ0n) is 17.6. The quantitative estimate of drug-likeness (QED) is 0.373. The number of Topliss-reactive ketones (excluding diaryl/α,β-unsaturated/α-hetero) is 1. The minimum absolute atomic E-state index is 0.202. The molecule has 0 aliphatic heterocycles. The van der Waals surface area contributed by atoms with Crippen molar-refractivity contribution < 1.29 is 14.3 Å². The molecule has 2 heterocycles. The smallest absolute Gasteiger partial charge is 0.328 e. The number of benzene rings is 2. The van der Waals surface area contributed by atoms with E-state index in [0.717, 1.165) is 21.8 Å². The van der Waals surface area contributed by atoms with E-state index in [4.69, 9.17) is 4.74 Å². The molecule has 0 unspecified atom stereocenters. The topological polar surface area (TPSA) is 103 Å². The lowest BCUT2D eigenvalue weighted by atomic mass is 10.1. The van der Waals surface area contributed by atoms with Crippen LogP contribution < -0.4 is 11.1 Å². The van der Waals surface area contributed by atoms with Gasteiger partial charge >= 0.3 is 5.97 Å². The monoisotopic (exact) mass is 431 g/mol. The van der Waals surface area contributed by atoms with Crippen LogP contribution in [-0.2, 0) is 16.1 Å². The summed E-state index contributed by atoms with van der Waals surface area (Å²) in [5, 5.41) is 2.81. The highest BCUT2D eigenvalue weighted by Crippen LogP contribution is 2.21. The Labute approximate surface area is 182 Å². The predicted molar refractivity (Wildman–Crippen MR) is 119 cm³/mol. The van der Waals surface area contributed by atoms with Crippen LogP contribution in [0.1, 0.15) is 21.7 Å². The first-order valence-corrected chi connectivity index (χ1v) is 10.0. The average molecular weight is 431 g/mol. The minimum Gasteiger partial charge on any atom is -0.456 e. The number of aromatic nitrogens is 3. The number of ether oxygens (including phenoxy) is 1. The summed E-state index contributed by atoms with van der Waals surface area (Å²) in [6.45, 7) is 2.75. The molecule has 4 rings (SSSR count). The molecular weight excluding hydrogens is 410 g/mol. The average Bonchev–Trinajstić information content (AvgIpc) is 3.10. The van der Waals surface area contributed by atoms with Crippen molar-refractivity contribution in [2.45, 2.75) is 20.4 Å². The summed E-state index contributed by atoms with van der Waals surface area (Å²) in [7, 11) is 0. The summed E-state index contributed by atoms with van der Waals surface area (Å²) in [5.74, 6) is -1.16. The number of nitrogens with one attached hydrogen (secondary N) is 1. The number of carbonyl (C=O) groups is 2. The third-order valence-corrected chi connectivity index (χ3v) is 5.28. The fourth-order valence-corrected chi connectivity index (χ4v) is 3.78. The highest BCUT2D eigenvalue weighted by atomic mass is 16.5. The van der Waals surface area contributed by atoms with E-state index in [-0.39, 0.29) is 16.6 Å². The molecule has 4 aromatic rings. The standard InChI is InChI=1S/C24H21N3O5/c1-15-12-20(16(2)27(15)17-8-4-3-5-9-17)21(28)14-32-22(29)13-26-24(31)19-11-7-6-10-18(19)23(30)25-26/h3-12H,13-14H2,1-2H3,(H,25,30). The number of ketones is 1. The van der Waals surface area contributed by atoms with Crippen molar-refractivity contribution in [3.63, 3.8) is 0 Å². The van der Waals surface area contributed by atoms with E-state index in [0.29, 0.717) is 5.56 Å². The number of H-pyrrole nitrogens is 1. The van der Waals surface area contributed by atoms with E-state index in [2.05, 4.69) is 5.10 Å². The molecule has 2 aromatic carbocycles. The van der Waals surface area contributed by atoms with Gasteiger partial charge in [-0.05, 0) is 44.2 Å². The van der Waals surface area contributed by atoms with Crippen LogP contribution in [0.3, 0.4) is 0 Å². The van der Waals surface area contributed by atoms with Gasteiger partial charge in [-0.3, -0.25) is 24.3 Å². The lowest BCUT2D eigenvalue weighted by Crippen LogP contribution is -2.33. The Kier molecular flexibility index (Phi) is 5.59. The molecule has 0 radical (unpaired) electrons. The Hall–Kier alpha value is -4.20. The van der Waals surface area contributed by atoms with Gasteiger partial charge in [0.2, 0.25) is 5.78 Å². The number of hydrogen-bond donors (Lipinski definition) is 1. The maximum atomic E-state index is 12.7. The third-order valence-electron chi connectivity index (χ3n) is 5.28. The van der Waals surface area contributed by atoms with Gasteiger partial charge in [0.05, 0.1) is 10.8 Å². The minimum atomic E-state index is -0.803. The largest absolute Gasteiger partial charge is 0.456 e. The van der Waals surface area contributed by atoms with Crippen LogP contribution in [0.15, 0.2) is 70.3 Å². The molecular formula is C24H21N3O5. The maximum absolute atomic E-state index is 12.7. The molecule has 8 nitrogen and oxygen atoms in total. The van der Waals surface area contributed by atoms with Crippen LogP contribution in [0, 0.1) is 13.8 Å². The number of fused-ring (bicyclic) bond motifs is 1. The highest BCUT2D eigenvalue weighted by molar-refractivity contribution is 5.99. The molecule has 0 saturated heterocycles. The van der Waals surface area contributed by atoms with Crippen molar-refractivity contribution >= 4 is 22.5 Å². The molecule has 0 aliphatic rings. The van der Waals surface area contributed by atoms with Crippen molar-refractivity contribution in [2.75, 3.05) is 6.61 Å². The van der Waals surface area contributed by atoms with E-state index in [1.807, 2.05) is 48.7 Å². The van der Waals surface area contributed by atoms with E-state index < -0.39 is 30.2 Å². The second kappa shape index (κ2) is 8.50. The number of aromatic amines is 1. The van der Waals surface area contributed by atoms with E-state index in [1.54, 1.807) is 18.2 Å². The summed E-state index contributed by atoms with van der Waals surface area (Å²) < 4.78 is 7.94. The van der Waals surface area contributed by atoms with Gasteiger partial charge in [0, 0.05) is 22.6 Å². The van der Waals surface area contributed by atoms with Crippen LogP contribution in [0.25, 0.3) is 16.5 Å². The second-order valence-electron chi connectivity index (χ2n) is 7.42. The molecule has 0 saturated carbocycles. The molecule has 8 heteroatoms. The SMILES string of the molecule is Cc1cc(C(=O)COC(=O)Cn2[nH]c(=O)c3ccccc3c2=O)c(C)n1-c1ccccc1. The number of aryl methyl sites for hydroxylation is 1. The first kappa shape index (κ1) is 21.0. The van der Waals surface area contributed by atoms with Gasteiger partial charge in [-0.2, -0.15) is 0 Å². The molecule has 0 bridgehead atoms. The summed E-state index contributed by atoms with van der Waals surface area (Å²) in [5.41, 5.74) is 1.99. The first-order chi connectivity index (χ1) is 15.4. The van der Waals surface area contributed by atoms with Crippen LogP contribution in [0.5, 0.6) is 0 Å². The van der Waals surface area contributed by atoms with E-state index in [1.165, 1.54) is 12.1 Å². The van der Waals surface area contributed by atoms with Crippen LogP contribution >= 0.6 is 0 Å². The van der Waals surface area contributed by atoms with Gasteiger partial charge < -0.3 is 9.30 Å². The molecule has 0 atom stereocenters. The lowest BCUT2D eigenvalue weighted by Gasteiger charge is -2.10. The fourth-order valence-electron chi connectivity index (χ4n) is 3.78. The highest BCUT2D eigenvalue weighted by Gasteiger charge is 2.19. The molecule has 0 amide bonds. The Morgan fingerprint density at radius 1 is 0.938 bits per heavy atom. The van der Waals surface area contributed by atoms with Crippen molar-refractivity contribution in [1.82, 2.24) is 14.3 Å². The maximum Gasteiger partial charge on any atom is 0.328 e. The van der Waals surface area contributed by atoms with Gasteiger partial charge in [0.15, 0.2) is 6.61 Å². The lowest BCUT2D eigenvalue weighted by molar-refractivity contribution is -0.143. The van der Waals surface area contributed by atoms with Gasteiger partial charge in [-0.1, -0.05) is 30.3 Å². The zero-order chi connectivity index (χ0) is 22.8. The fraction of sp³-hybridized carbons (Fsp3) is 0.167. The molecule has 162 valence electrons. The number of nitrogens with zero attached hydrogens (tertiary/aromatic N) is 2. The first-order valence-electron chi connectivity index (χ1n) is 10.0. The number of rotatable bonds is 6. The summed E-state index contributed by atoms with van der Waals surface area (Å²) in [6.07, 6.45) is 0. The van der Waals surface area contributed by atoms with E-state index in [9.17, 15) is 19.2 Å². The Balaban J connectivity index is 1.48.